The highest BCUT2D eigenvalue weighted by molar-refractivity contribution is 8.14. The molecule has 24 heavy (non-hydrogen) atoms. The minimum atomic E-state index is -5.64. The van der Waals surface area contributed by atoms with Gasteiger partial charge in [-0.1, -0.05) is 42.1 Å². The fourth-order valence-corrected chi connectivity index (χ4v) is 2.45. The van der Waals surface area contributed by atoms with Crippen molar-refractivity contribution in [3.05, 3.63) is 35.9 Å². The van der Waals surface area contributed by atoms with Gasteiger partial charge in [0.1, 0.15) is 0 Å². The van der Waals surface area contributed by atoms with Crippen LogP contribution in [0, 0.1) is 0 Å². The largest absolute Gasteiger partial charge is 0.419 e. The van der Waals surface area contributed by atoms with Gasteiger partial charge in [0.25, 0.3) is 0 Å². The lowest BCUT2D eigenvalue weighted by Crippen LogP contribution is -2.45. The Balaban J connectivity index is 2.60. The summed E-state index contributed by atoms with van der Waals surface area (Å²) in [6, 6.07) is 7.40. The molecule has 0 fully saturated rings. The Hall–Kier alpha value is -1.32. The van der Waals surface area contributed by atoms with Gasteiger partial charge in [-0.25, -0.2) is 4.39 Å². The van der Waals surface area contributed by atoms with Crippen molar-refractivity contribution in [2.75, 3.05) is 5.75 Å². The quantitative estimate of drug-likeness (QED) is 0.580. The van der Waals surface area contributed by atoms with Gasteiger partial charge in [-0.3, -0.25) is 4.79 Å². The highest BCUT2D eigenvalue weighted by Gasteiger charge is 2.59. The van der Waals surface area contributed by atoms with E-state index in [1.165, 1.54) is 24.3 Å². The normalized spacial score (nSPS) is 14.5. The predicted octanol–water partition coefficient (Wildman–Crippen LogP) is 5.51. The van der Waals surface area contributed by atoms with E-state index in [0.29, 0.717) is 11.8 Å². The molecule has 0 saturated carbocycles. The molecule has 0 bridgehead atoms. The van der Waals surface area contributed by atoms with Crippen LogP contribution in [0.4, 0.5) is 35.1 Å². The maximum Gasteiger partial charge on any atom is 0.419 e. The van der Waals surface area contributed by atoms with Crippen LogP contribution < -0.4 is 0 Å². The zero-order chi connectivity index (χ0) is 18.6. The maximum absolute atomic E-state index is 13.4. The zero-order valence-electron chi connectivity index (χ0n) is 11.9. The van der Waals surface area contributed by atoms with Crippen molar-refractivity contribution < 1.29 is 39.9 Å². The van der Waals surface area contributed by atoms with E-state index in [-0.39, 0.29) is 5.56 Å². The van der Waals surface area contributed by atoms with Gasteiger partial charge >= 0.3 is 18.0 Å². The van der Waals surface area contributed by atoms with E-state index < -0.39 is 47.9 Å². The van der Waals surface area contributed by atoms with E-state index in [0.717, 1.165) is 0 Å². The van der Waals surface area contributed by atoms with Gasteiger partial charge in [-0.05, 0) is 0 Å². The molecule has 0 aliphatic heterocycles. The van der Waals surface area contributed by atoms with Gasteiger partial charge in [-0.2, -0.15) is 30.7 Å². The molecule has 1 aromatic rings. The summed E-state index contributed by atoms with van der Waals surface area (Å²) in [5.41, 5.74) is 0.165. The minimum absolute atomic E-state index is 0.165. The van der Waals surface area contributed by atoms with Crippen LogP contribution in [0.15, 0.2) is 30.3 Å². The van der Waals surface area contributed by atoms with Crippen molar-refractivity contribution in [3.63, 3.8) is 0 Å². The van der Waals surface area contributed by atoms with Crippen molar-refractivity contribution in [2.24, 2.45) is 0 Å². The first-order valence-electron chi connectivity index (χ1n) is 6.55. The van der Waals surface area contributed by atoms with E-state index in [1.54, 1.807) is 6.07 Å². The summed E-state index contributed by atoms with van der Waals surface area (Å²) in [7, 11) is 0. The van der Waals surface area contributed by atoms with Crippen LogP contribution in [0.5, 0.6) is 0 Å². The first-order valence-corrected chi connectivity index (χ1v) is 7.54. The van der Waals surface area contributed by atoms with Crippen LogP contribution in [0.2, 0.25) is 0 Å². The molecular formula is C14H12F8OS. The third-order valence-corrected chi connectivity index (χ3v) is 3.89. The summed E-state index contributed by atoms with van der Waals surface area (Å²) in [6.45, 7) is 0. The van der Waals surface area contributed by atoms with Crippen LogP contribution in [-0.4, -0.2) is 35.1 Å². The maximum atomic E-state index is 13.4. The van der Waals surface area contributed by atoms with Crippen LogP contribution in [0.3, 0.4) is 0 Å². The van der Waals surface area contributed by atoms with Gasteiger partial charge in [0, 0.05) is 17.7 Å². The molecule has 0 N–H and O–H groups in total. The number of hydrogen-bond acceptors (Lipinski definition) is 2. The van der Waals surface area contributed by atoms with Crippen molar-refractivity contribution in [2.45, 2.75) is 37.0 Å². The van der Waals surface area contributed by atoms with Gasteiger partial charge in [0.2, 0.25) is 11.3 Å². The number of hydrogen-bond donors (Lipinski definition) is 0. The summed E-state index contributed by atoms with van der Waals surface area (Å²) in [5, 5.41) is -0.645. The Kier molecular flexibility index (Phi) is 6.66. The lowest BCUT2D eigenvalue weighted by Gasteiger charge is -2.28. The third-order valence-electron chi connectivity index (χ3n) is 2.98. The van der Waals surface area contributed by atoms with Crippen LogP contribution in [-0.2, 0) is 0 Å². The summed E-state index contributed by atoms with van der Waals surface area (Å²) in [4.78, 5) is 11.6. The second-order valence-corrected chi connectivity index (χ2v) is 5.94. The number of carbonyl (C=O) groups excluding carboxylic acids is 1. The number of thioether (sulfide) groups is 1. The fourth-order valence-electron chi connectivity index (χ4n) is 1.60. The van der Waals surface area contributed by atoms with E-state index in [1.807, 2.05) is 0 Å². The summed E-state index contributed by atoms with van der Waals surface area (Å²) in [5.74, 6) is -10.8. The third kappa shape index (κ3) is 5.64. The zero-order valence-corrected chi connectivity index (χ0v) is 12.7. The molecule has 0 heterocycles. The van der Waals surface area contributed by atoms with Gasteiger partial charge in [0.15, 0.2) is 0 Å². The highest BCUT2D eigenvalue weighted by atomic mass is 32.2. The van der Waals surface area contributed by atoms with Crippen LogP contribution in [0.25, 0.3) is 0 Å². The second-order valence-electron chi connectivity index (χ2n) is 4.87. The molecule has 10 heteroatoms. The summed E-state index contributed by atoms with van der Waals surface area (Å²) < 4.78 is 102. The lowest BCUT2D eigenvalue weighted by atomic mass is 10.0. The van der Waals surface area contributed by atoms with Crippen molar-refractivity contribution >= 4 is 16.9 Å². The number of alkyl halides is 8. The Morgan fingerprint density at radius 3 is 2.00 bits per heavy atom. The Morgan fingerprint density at radius 2 is 1.50 bits per heavy atom. The molecule has 1 atom stereocenters. The minimum Gasteiger partial charge on any atom is -0.282 e. The van der Waals surface area contributed by atoms with E-state index in [9.17, 15) is 39.9 Å². The smallest absolute Gasteiger partial charge is 0.282 e. The predicted molar refractivity (Wildman–Crippen MR) is 73.3 cm³/mol. The Labute approximate surface area is 136 Å². The van der Waals surface area contributed by atoms with E-state index in [4.69, 9.17) is 0 Å². The van der Waals surface area contributed by atoms with Crippen LogP contribution in [0.1, 0.15) is 23.2 Å². The molecule has 0 spiro atoms. The molecule has 1 rings (SSSR count). The van der Waals surface area contributed by atoms with Crippen molar-refractivity contribution in [1.82, 2.24) is 0 Å². The van der Waals surface area contributed by atoms with Gasteiger partial charge < -0.3 is 0 Å². The Bertz CT molecular complexity index is 543. The van der Waals surface area contributed by atoms with Gasteiger partial charge in [-0.15, -0.1) is 0 Å². The number of carbonyl (C=O) groups is 1. The molecule has 1 nitrogen and oxygen atoms in total. The molecule has 136 valence electrons. The number of benzene rings is 1. The molecule has 0 radical (unpaired) electrons. The second kappa shape index (κ2) is 7.71. The van der Waals surface area contributed by atoms with Gasteiger partial charge in [0.05, 0.1) is 6.42 Å². The molecule has 0 saturated heterocycles. The molecule has 1 unspecified atom stereocenters. The average Bonchev–Trinajstić information content (AvgIpc) is 2.46. The molecule has 0 aliphatic rings. The standard InChI is InChI=1S/C14H12F8OS/c15-10(14(20,21)22)8-13(18,19)12(16,17)6-7-24-11(23)9-4-2-1-3-5-9/h1-5,10H,6-8H2. The monoisotopic (exact) mass is 380 g/mol. The average molecular weight is 380 g/mol. The summed E-state index contributed by atoms with van der Waals surface area (Å²) in [6.07, 6.45) is -13.9. The number of rotatable bonds is 7. The van der Waals surface area contributed by atoms with Crippen molar-refractivity contribution in [1.29, 1.82) is 0 Å². The first kappa shape index (κ1) is 20.7. The van der Waals surface area contributed by atoms with Crippen molar-refractivity contribution in [3.8, 4) is 0 Å². The molecule has 0 amide bonds. The SMILES string of the molecule is O=C(SCCC(F)(F)C(F)(F)CC(F)C(F)(F)F)c1ccccc1. The fraction of sp³-hybridized carbons (Fsp3) is 0.500. The molecule has 0 aromatic heterocycles. The topological polar surface area (TPSA) is 17.1 Å². The molecule has 1 aromatic carbocycles. The Morgan fingerprint density at radius 1 is 0.958 bits per heavy atom. The molecule has 0 aliphatic carbocycles. The highest BCUT2D eigenvalue weighted by Crippen LogP contribution is 2.43. The number of halogens is 8. The lowest BCUT2D eigenvalue weighted by molar-refractivity contribution is -0.248. The summed E-state index contributed by atoms with van der Waals surface area (Å²) >= 11 is 0.329. The molecular weight excluding hydrogens is 368 g/mol. The van der Waals surface area contributed by atoms with E-state index in [2.05, 4.69) is 0 Å². The first-order chi connectivity index (χ1) is 10.9. The van der Waals surface area contributed by atoms with Crippen LogP contribution >= 0.6 is 11.8 Å². The van der Waals surface area contributed by atoms with E-state index >= 15 is 0 Å².